The molecule has 0 aliphatic rings. The van der Waals surface area contributed by atoms with Crippen molar-refractivity contribution in [2.24, 2.45) is 0 Å². The van der Waals surface area contributed by atoms with Crippen LogP contribution in [0.15, 0.2) is 36.4 Å². The molecule has 2 aromatic carbocycles. The van der Waals surface area contributed by atoms with Gasteiger partial charge < -0.3 is 5.32 Å². The van der Waals surface area contributed by atoms with Gasteiger partial charge in [0.2, 0.25) is 0 Å². The summed E-state index contributed by atoms with van der Waals surface area (Å²) in [7, 11) is 0. The molecule has 0 aromatic heterocycles. The van der Waals surface area contributed by atoms with Gasteiger partial charge in [0.05, 0.1) is 0 Å². The summed E-state index contributed by atoms with van der Waals surface area (Å²) in [5.74, 6) is -2.16. The lowest BCUT2D eigenvalue weighted by molar-refractivity contribution is 0.506. The molecule has 5 heteroatoms. The third-order valence-corrected chi connectivity index (χ3v) is 2.78. The number of rotatable bonds is 4. The molecule has 1 nitrogen and oxygen atoms in total. The molecule has 0 bridgehead atoms. The molecule has 0 saturated carbocycles. The van der Waals surface area contributed by atoms with E-state index in [-0.39, 0.29) is 0 Å². The first-order valence-corrected chi connectivity index (χ1v) is 6.02. The second-order valence-electron chi connectivity index (χ2n) is 4.13. The molecule has 0 radical (unpaired) electrons. The normalized spacial score (nSPS) is 10.7. The van der Waals surface area contributed by atoms with Crippen molar-refractivity contribution in [1.29, 1.82) is 0 Å². The van der Waals surface area contributed by atoms with Gasteiger partial charge in [0.15, 0.2) is 11.6 Å². The van der Waals surface area contributed by atoms with Crippen molar-refractivity contribution in [1.82, 2.24) is 5.32 Å². The van der Waals surface area contributed by atoms with E-state index in [0.717, 1.165) is 12.1 Å². The zero-order chi connectivity index (χ0) is 13.8. The zero-order valence-corrected chi connectivity index (χ0v) is 10.6. The lowest BCUT2D eigenvalue weighted by atomic mass is 10.2. The predicted molar refractivity (Wildman–Crippen MR) is 68.3 cm³/mol. The van der Waals surface area contributed by atoms with Crippen molar-refractivity contribution in [2.45, 2.75) is 13.1 Å². The van der Waals surface area contributed by atoms with Gasteiger partial charge in [-0.3, -0.25) is 0 Å². The number of benzene rings is 2. The first-order chi connectivity index (χ1) is 9.04. The van der Waals surface area contributed by atoms with E-state index in [4.69, 9.17) is 11.6 Å². The highest BCUT2D eigenvalue weighted by molar-refractivity contribution is 6.30. The SMILES string of the molecule is Fc1cc(Cl)cc(CNCc2ccc(F)c(F)c2)c1. The predicted octanol–water partition coefficient (Wildman–Crippen LogP) is 4.05. The van der Waals surface area contributed by atoms with Crippen LogP contribution >= 0.6 is 11.6 Å². The third-order valence-electron chi connectivity index (χ3n) is 2.56. The second-order valence-corrected chi connectivity index (χ2v) is 4.57. The second kappa shape index (κ2) is 6.08. The number of nitrogens with one attached hydrogen (secondary N) is 1. The molecule has 0 amide bonds. The molecule has 2 aromatic rings. The largest absolute Gasteiger partial charge is 0.309 e. The van der Waals surface area contributed by atoms with E-state index in [0.29, 0.717) is 29.2 Å². The lowest BCUT2D eigenvalue weighted by Gasteiger charge is -2.06. The summed E-state index contributed by atoms with van der Waals surface area (Å²) < 4.78 is 38.8. The Morgan fingerprint density at radius 3 is 2.26 bits per heavy atom. The Morgan fingerprint density at radius 1 is 0.842 bits per heavy atom. The highest BCUT2D eigenvalue weighted by Crippen LogP contribution is 2.14. The Kier molecular flexibility index (Phi) is 4.45. The van der Waals surface area contributed by atoms with Crippen molar-refractivity contribution in [3.63, 3.8) is 0 Å². The molecule has 0 heterocycles. The van der Waals surface area contributed by atoms with Crippen LogP contribution in [0.4, 0.5) is 13.2 Å². The fraction of sp³-hybridized carbons (Fsp3) is 0.143. The van der Waals surface area contributed by atoms with E-state index in [2.05, 4.69) is 5.32 Å². The van der Waals surface area contributed by atoms with E-state index >= 15 is 0 Å². The summed E-state index contributed by atoms with van der Waals surface area (Å²) >= 11 is 5.73. The zero-order valence-electron chi connectivity index (χ0n) is 9.89. The standard InChI is InChI=1S/C14H11ClF3N/c15-11-3-10(4-12(16)6-11)8-19-7-9-1-2-13(17)14(18)5-9/h1-6,19H,7-8H2. The Hall–Kier alpha value is -1.52. The minimum atomic E-state index is -0.881. The fourth-order valence-corrected chi connectivity index (χ4v) is 1.96. The van der Waals surface area contributed by atoms with Crippen molar-refractivity contribution in [3.05, 3.63) is 70.0 Å². The van der Waals surface area contributed by atoms with E-state index < -0.39 is 17.5 Å². The van der Waals surface area contributed by atoms with Gasteiger partial charge in [0, 0.05) is 18.1 Å². The van der Waals surface area contributed by atoms with Crippen molar-refractivity contribution in [3.8, 4) is 0 Å². The van der Waals surface area contributed by atoms with E-state index in [1.807, 2.05) is 0 Å². The van der Waals surface area contributed by atoms with Gasteiger partial charge in [0.1, 0.15) is 5.82 Å². The molecule has 0 aliphatic carbocycles. The summed E-state index contributed by atoms with van der Waals surface area (Å²) in [6, 6.07) is 7.92. The van der Waals surface area contributed by atoms with Crippen molar-refractivity contribution in [2.75, 3.05) is 0 Å². The molecule has 19 heavy (non-hydrogen) atoms. The minimum Gasteiger partial charge on any atom is -0.309 e. The van der Waals surface area contributed by atoms with Crippen LogP contribution in [0.25, 0.3) is 0 Å². The van der Waals surface area contributed by atoms with E-state index in [9.17, 15) is 13.2 Å². The highest BCUT2D eigenvalue weighted by atomic mass is 35.5. The molecule has 0 fully saturated rings. The summed E-state index contributed by atoms with van der Waals surface area (Å²) in [4.78, 5) is 0. The molecule has 1 N–H and O–H groups in total. The Labute approximate surface area is 114 Å². The van der Waals surface area contributed by atoms with Gasteiger partial charge in [-0.2, -0.15) is 0 Å². The summed E-state index contributed by atoms with van der Waals surface area (Å²) in [5.41, 5.74) is 1.30. The van der Waals surface area contributed by atoms with Gasteiger partial charge in [0.25, 0.3) is 0 Å². The van der Waals surface area contributed by atoms with E-state index in [1.54, 1.807) is 6.07 Å². The van der Waals surface area contributed by atoms with Crippen LogP contribution in [0.3, 0.4) is 0 Å². The first kappa shape index (κ1) is 13.9. The van der Waals surface area contributed by atoms with Gasteiger partial charge >= 0.3 is 0 Å². The lowest BCUT2D eigenvalue weighted by Crippen LogP contribution is -2.13. The molecule has 0 spiro atoms. The Bertz CT molecular complexity index is 567. The molecular formula is C14H11ClF3N. The van der Waals surface area contributed by atoms with Crippen LogP contribution in [-0.2, 0) is 13.1 Å². The summed E-state index contributed by atoms with van der Waals surface area (Å²) in [6.45, 7) is 0.738. The number of hydrogen-bond donors (Lipinski definition) is 1. The molecule has 0 saturated heterocycles. The summed E-state index contributed by atoms with van der Waals surface area (Å²) in [5, 5.41) is 3.33. The first-order valence-electron chi connectivity index (χ1n) is 5.64. The van der Waals surface area contributed by atoms with Crippen LogP contribution in [0.1, 0.15) is 11.1 Å². The van der Waals surface area contributed by atoms with Gasteiger partial charge in [-0.05, 0) is 41.5 Å². The van der Waals surface area contributed by atoms with Gasteiger partial charge in [-0.15, -0.1) is 0 Å². The molecule has 0 unspecified atom stereocenters. The average Bonchev–Trinajstić information content (AvgIpc) is 2.32. The molecular weight excluding hydrogens is 275 g/mol. The number of halogens is 4. The van der Waals surface area contributed by atoms with E-state index in [1.165, 1.54) is 18.2 Å². The fourth-order valence-electron chi connectivity index (χ4n) is 1.71. The van der Waals surface area contributed by atoms with Crippen LogP contribution in [-0.4, -0.2) is 0 Å². The molecule has 100 valence electrons. The highest BCUT2D eigenvalue weighted by Gasteiger charge is 2.03. The van der Waals surface area contributed by atoms with Crippen LogP contribution in [0.2, 0.25) is 5.02 Å². The third kappa shape index (κ3) is 3.98. The van der Waals surface area contributed by atoms with Crippen LogP contribution in [0.5, 0.6) is 0 Å². The van der Waals surface area contributed by atoms with Gasteiger partial charge in [-0.1, -0.05) is 17.7 Å². The quantitative estimate of drug-likeness (QED) is 0.894. The van der Waals surface area contributed by atoms with Crippen molar-refractivity contribution < 1.29 is 13.2 Å². The smallest absolute Gasteiger partial charge is 0.159 e. The number of hydrogen-bond acceptors (Lipinski definition) is 1. The minimum absolute atomic E-state index is 0.324. The monoisotopic (exact) mass is 285 g/mol. The molecule has 2 rings (SSSR count). The summed E-state index contributed by atoms with van der Waals surface area (Å²) in [6.07, 6.45) is 0. The average molecular weight is 286 g/mol. The maximum absolute atomic E-state index is 13.1. The maximum atomic E-state index is 13.1. The van der Waals surface area contributed by atoms with Gasteiger partial charge in [-0.25, -0.2) is 13.2 Å². The van der Waals surface area contributed by atoms with Crippen molar-refractivity contribution >= 4 is 11.6 Å². The maximum Gasteiger partial charge on any atom is 0.159 e. The molecule has 0 aliphatic heterocycles. The van der Waals surface area contributed by atoms with Crippen LogP contribution < -0.4 is 5.32 Å². The topological polar surface area (TPSA) is 12.0 Å². The van der Waals surface area contributed by atoms with Crippen LogP contribution in [0, 0.1) is 17.5 Å². The Morgan fingerprint density at radius 2 is 1.58 bits per heavy atom. The Balaban J connectivity index is 1.94. The molecule has 0 atom stereocenters.